The zero-order valence-electron chi connectivity index (χ0n) is 9.09. The molecule has 0 N–H and O–H groups in total. The van der Waals surface area contributed by atoms with Crippen LogP contribution < -0.4 is 0 Å². The summed E-state index contributed by atoms with van der Waals surface area (Å²) in [5.41, 5.74) is 1.03. The monoisotopic (exact) mass is 184 g/mol. The van der Waals surface area contributed by atoms with Gasteiger partial charge in [0.15, 0.2) is 5.78 Å². The van der Waals surface area contributed by atoms with Gasteiger partial charge in [0.2, 0.25) is 0 Å². The lowest BCUT2D eigenvalue weighted by Gasteiger charge is -2.15. The summed E-state index contributed by atoms with van der Waals surface area (Å²) in [4.78, 5) is 10.8. The molecule has 1 atom stereocenters. The Kier molecular flexibility index (Phi) is 6.51. The van der Waals surface area contributed by atoms with Crippen LogP contribution in [0.15, 0.2) is 11.6 Å². The van der Waals surface area contributed by atoms with Crippen LogP contribution in [0.3, 0.4) is 0 Å². The first-order valence-electron chi connectivity index (χ1n) is 4.83. The molecule has 2 nitrogen and oxygen atoms in total. The number of carbonyl (C=O) groups is 1. The molecule has 0 saturated heterocycles. The Morgan fingerprint density at radius 3 is 2.46 bits per heavy atom. The lowest BCUT2D eigenvalue weighted by molar-refractivity contribution is -0.112. The number of hydrogen-bond donors (Lipinski definition) is 0. The van der Waals surface area contributed by atoms with Gasteiger partial charge in [-0.25, -0.2) is 0 Å². The minimum atomic E-state index is 0.0936. The molecule has 0 aliphatic rings. The van der Waals surface area contributed by atoms with Gasteiger partial charge in [-0.1, -0.05) is 19.8 Å². The van der Waals surface area contributed by atoms with E-state index >= 15 is 0 Å². The fourth-order valence-corrected chi connectivity index (χ4v) is 1.33. The Bertz CT molecular complexity index is 183. The number of rotatable bonds is 6. The summed E-state index contributed by atoms with van der Waals surface area (Å²) < 4.78 is 5.29. The first kappa shape index (κ1) is 12.4. The van der Waals surface area contributed by atoms with E-state index in [-0.39, 0.29) is 11.9 Å². The van der Waals surface area contributed by atoms with E-state index in [1.165, 1.54) is 0 Å². The van der Waals surface area contributed by atoms with Gasteiger partial charge < -0.3 is 4.74 Å². The molecule has 0 fully saturated rings. The molecule has 0 saturated carbocycles. The molecule has 0 aromatic carbocycles. The van der Waals surface area contributed by atoms with E-state index in [1.807, 2.05) is 6.92 Å². The SMILES string of the molecule is CCCCC(OC)C(C)=CC(C)=O. The number of methoxy groups -OCH3 is 1. The smallest absolute Gasteiger partial charge is 0.152 e. The molecule has 0 aromatic rings. The van der Waals surface area contributed by atoms with E-state index < -0.39 is 0 Å². The molecule has 1 unspecified atom stereocenters. The average Bonchev–Trinajstić information content (AvgIpc) is 2.04. The fourth-order valence-electron chi connectivity index (χ4n) is 1.33. The molecular weight excluding hydrogens is 164 g/mol. The average molecular weight is 184 g/mol. The van der Waals surface area contributed by atoms with Crippen LogP contribution in [0.25, 0.3) is 0 Å². The summed E-state index contributed by atoms with van der Waals surface area (Å²) in [5.74, 6) is 0.0936. The number of carbonyl (C=O) groups excluding carboxylic acids is 1. The highest BCUT2D eigenvalue weighted by Crippen LogP contribution is 2.12. The Labute approximate surface area is 81.0 Å². The predicted molar refractivity (Wildman–Crippen MR) is 54.8 cm³/mol. The molecule has 0 rings (SSSR count). The van der Waals surface area contributed by atoms with Gasteiger partial charge in [0.1, 0.15) is 0 Å². The molecule has 0 aliphatic heterocycles. The molecule has 13 heavy (non-hydrogen) atoms. The number of allylic oxidation sites excluding steroid dienone is 1. The van der Waals surface area contributed by atoms with Crippen LogP contribution in [0.1, 0.15) is 40.0 Å². The second kappa shape index (κ2) is 6.84. The summed E-state index contributed by atoms with van der Waals surface area (Å²) >= 11 is 0. The van der Waals surface area contributed by atoms with Crippen molar-refractivity contribution in [3.63, 3.8) is 0 Å². The molecular formula is C11H20O2. The van der Waals surface area contributed by atoms with E-state index in [9.17, 15) is 4.79 Å². The summed E-state index contributed by atoms with van der Waals surface area (Å²) in [7, 11) is 1.69. The van der Waals surface area contributed by atoms with Crippen LogP contribution in [0, 0.1) is 0 Å². The van der Waals surface area contributed by atoms with Crippen molar-refractivity contribution in [1.29, 1.82) is 0 Å². The second-order valence-electron chi connectivity index (χ2n) is 3.37. The first-order valence-corrected chi connectivity index (χ1v) is 4.83. The Morgan fingerprint density at radius 1 is 1.46 bits per heavy atom. The number of unbranched alkanes of at least 4 members (excludes halogenated alkanes) is 1. The van der Waals surface area contributed by atoms with Crippen molar-refractivity contribution < 1.29 is 9.53 Å². The van der Waals surface area contributed by atoms with Gasteiger partial charge in [0.25, 0.3) is 0 Å². The van der Waals surface area contributed by atoms with Gasteiger partial charge in [-0.3, -0.25) is 4.79 Å². The molecule has 0 amide bonds. The lowest BCUT2D eigenvalue weighted by atomic mass is 10.0. The van der Waals surface area contributed by atoms with Crippen LogP contribution in [0.4, 0.5) is 0 Å². The Morgan fingerprint density at radius 2 is 2.08 bits per heavy atom. The van der Waals surface area contributed by atoms with Crippen molar-refractivity contribution in [2.75, 3.05) is 7.11 Å². The van der Waals surface area contributed by atoms with E-state index in [4.69, 9.17) is 4.74 Å². The van der Waals surface area contributed by atoms with Gasteiger partial charge in [0.05, 0.1) is 6.10 Å². The van der Waals surface area contributed by atoms with Crippen molar-refractivity contribution in [3.8, 4) is 0 Å². The van der Waals surface area contributed by atoms with Gasteiger partial charge in [-0.15, -0.1) is 0 Å². The van der Waals surface area contributed by atoms with E-state index in [2.05, 4.69) is 6.92 Å². The zero-order valence-corrected chi connectivity index (χ0v) is 9.09. The maximum Gasteiger partial charge on any atom is 0.152 e. The van der Waals surface area contributed by atoms with Crippen LogP contribution in [-0.2, 0) is 9.53 Å². The topological polar surface area (TPSA) is 26.3 Å². The Hall–Kier alpha value is -0.630. The largest absolute Gasteiger partial charge is 0.377 e. The molecule has 76 valence electrons. The first-order chi connectivity index (χ1) is 6.11. The highest BCUT2D eigenvalue weighted by Gasteiger charge is 2.08. The van der Waals surface area contributed by atoms with E-state index in [0.717, 1.165) is 24.8 Å². The summed E-state index contributed by atoms with van der Waals surface area (Å²) in [6.45, 7) is 5.66. The normalized spacial score (nSPS) is 14.3. The number of ketones is 1. The summed E-state index contributed by atoms with van der Waals surface area (Å²) in [6.07, 6.45) is 5.07. The van der Waals surface area contributed by atoms with Crippen molar-refractivity contribution >= 4 is 5.78 Å². The van der Waals surface area contributed by atoms with Crippen molar-refractivity contribution in [3.05, 3.63) is 11.6 Å². The number of ether oxygens (including phenoxy) is 1. The van der Waals surface area contributed by atoms with Crippen LogP contribution >= 0.6 is 0 Å². The molecule has 0 radical (unpaired) electrons. The van der Waals surface area contributed by atoms with Crippen LogP contribution in [0.5, 0.6) is 0 Å². The van der Waals surface area contributed by atoms with Crippen molar-refractivity contribution in [1.82, 2.24) is 0 Å². The quantitative estimate of drug-likeness (QED) is 0.593. The molecule has 2 heteroatoms. The van der Waals surface area contributed by atoms with Crippen LogP contribution in [0.2, 0.25) is 0 Å². The lowest BCUT2D eigenvalue weighted by Crippen LogP contribution is -2.12. The van der Waals surface area contributed by atoms with E-state index in [1.54, 1.807) is 20.1 Å². The zero-order chi connectivity index (χ0) is 10.3. The third kappa shape index (κ3) is 5.58. The van der Waals surface area contributed by atoms with Gasteiger partial charge >= 0.3 is 0 Å². The molecule has 0 heterocycles. The summed E-state index contributed by atoms with van der Waals surface area (Å²) in [6, 6.07) is 0. The van der Waals surface area contributed by atoms with Crippen molar-refractivity contribution in [2.24, 2.45) is 0 Å². The third-order valence-electron chi connectivity index (χ3n) is 2.04. The predicted octanol–water partition coefficient (Wildman–Crippen LogP) is 2.73. The fraction of sp³-hybridized carbons (Fsp3) is 0.727. The summed E-state index contributed by atoms with van der Waals surface area (Å²) in [5, 5.41) is 0. The minimum Gasteiger partial charge on any atom is -0.377 e. The van der Waals surface area contributed by atoms with Gasteiger partial charge in [-0.2, -0.15) is 0 Å². The standard InChI is InChI=1S/C11H20O2/c1-5-6-7-11(13-4)9(2)8-10(3)12/h8,11H,5-7H2,1-4H3. The minimum absolute atomic E-state index is 0.0936. The molecule has 0 bridgehead atoms. The Balaban J connectivity index is 4.13. The van der Waals surface area contributed by atoms with E-state index in [0.29, 0.717) is 0 Å². The maximum absolute atomic E-state index is 10.8. The molecule has 0 aliphatic carbocycles. The van der Waals surface area contributed by atoms with Gasteiger partial charge in [0, 0.05) is 7.11 Å². The van der Waals surface area contributed by atoms with Gasteiger partial charge in [-0.05, 0) is 31.9 Å². The highest BCUT2D eigenvalue weighted by atomic mass is 16.5. The maximum atomic E-state index is 10.8. The second-order valence-corrected chi connectivity index (χ2v) is 3.37. The number of hydrogen-bond acceptors (Lipinski definition) is 2. The molecule has 0 aromatic heterocycles. The van der Waals surface area contributed by atoms with Crippen LogP contribution in [-0.4, -0.2) is 19.0 Å². The van der Waals surface area contributed by atoms with Crippen molar-refractivity contribution in [2.45, 2.75) is 46.1 Å². The molecule has 0 spiro atoms. The highest BCUT2D eigenvalue weighted by molar-refractivity contribution is 5.87. The third-order valence-corrected chi connectivity index (χ3v) is 2.04.